The number of carbonyl (C=O) groups is 1. The number of carbonyl (C=O) groups excluding carboxylic acids is 1. The Morgan fingerprint density at radius 3 is 2.69 bits per heavy atom. The highest BCUT2D eigenvalue weighted by Crippen LogP contribution is 2.14. The van der Waals surface area contributed by atoms with Crippen molar-refractivity contribution in [3.63, 3.8) is 0 Å². The second-order valence-corrected chi connectivity index (χ2v) is 4.95. The molecule has 1 aliphatic heterocycles. The predicted octanol–water partition coefficient (Wildman–Crippen LogP) is 0.429. The number of rotatable bonds is 5. The van der Waals surface area contributed by atoms with E-state index in [-0.39, 0.29) is 11.8 Å². The molecule has 4 nitrogen and oxygen atoms in total. The van der Waals surface area contributed by atoms with Gasteiger partial charge >= 0.3 is 0 Å². The predicted molar refractivity (Wildman–Crippen MR) is 66.1 cm³/mol. The second kappa shape index (κ2) is 6.86. The number of likely N-dealkylation sites (tertiary alicyclic amines) is 1. The van der Waals surface area contributed by atoms with Gasteiger partial charge in [-0.2, -0.15) is 0 Å². The van der Waals surface area contributed by atoms with Gasteiger partial charge in [-0.3, -0.25) is 4.79 Å². The molecule has 1 atom stereocenters. The van der Waals surface area contributed by atoms with Gasteiger partial charge in [-0.15, -0.1) is 0 Å². The maximum atomic E-state index is 11.5. The molecule has 1 saturated heterocycles. The monoisotopic (exact) mass is 227 g/mol. The van der Waals surface area contributed by atoms with Gasteiger partial charge in [0.05, 0.1) is 0 Å². The lowest BCUT2D eigenvalue weighted by molar-refractivity contribution is -0.124. The van der Waals surface area contributed by atoms with Gasteiger partial charge in [0.25, 0.3) is 0 Å². The van der Waals surface area contributed by atoms with E-state index >= 15 is 0 Å². The summed E-state index contributed by atoms with van der Waals surface area (Å²) in [5, 5.41) is 2.93. The summed E-state index contributed by atoms with van der Waals surface area (Å²) in [4.78, 5) is 13.9. The van der Waals surface area contributed by atoms with Gasteiger partial charge in [0, 0.05) is 25.6 Å². The minimum atomic E-state index is -0.0682. The van der Waals surface area contributed by atoms with Gasteiger partial charge < -0.3 is 16.0 Å². The van der Waals surface area contributed by atoms with Crippen LogP contribution in [-0.4, -0.2) is 43.5 Å². The lowest BCUT2D eigenvalue weighted by Gasteiger charge is -2.30. The lowest BCUT2D eigenvalue weighted by atomic mass is 9.99. The van der Waals surface area contributed by atoms with Crippen LogP contribution in [0.1, 0.15) is 26.7 Å². The van der Waals surface area contributed by atoms with E-state index in [0.717, 1.165) is 19.0 Å². The van der Waals surface area contributed by atoms with Crippen LogP contribution in [0, 0.1) is 11.8 Å². The third-order valence-corrected chi connectivity index (χ3v) is 3.40. The fourth-order valence-electron chi connectivity index (χ4n) is 1.90. The molecular weight excluding hydrogens is 202 g/mol. The molecular formula is C12H25N3O. The van der Waals surface area contributed by atoms with Crippen LogP contribution in [0.4, 0.5) is 0 Å². The summed E-state index contributed by atoms with van der Waals surface area (Å²) in [7, 11) is 0. The Kier molecular flexibility index (Phi) is 5.77. The Hall–Kier alpha value is -0.610. The quantitative estimate of drug-likeness (QED) is 0.716. The minimum absolute atomic E-state index is 0.0682. The average Bonchev–Trinajstić information content (AvgIpc) is 2.30. The first-order chi connectivity index (χ1) is 7.63. The molecule has 1 amide bonds. The topological polar surface area (TPSA) is 58.4 Å². The maximum absolute atomic E-state index is 11.5. The number of nitrogens with two attached hydrogens (primary N) is 1. The molecule has 0 aromatic rings. The van der Waals surface area contributed by atoms with Crippen LogP contribution >= 0.6 is 0 Å². The van der Waals surface area contributed by atoms with E-state index in [4.69, 9.17) is 5.73 Å². The van der Waals surface area contributed by atoms with E-state index in [1.165, 1.54) is 25.9 Å². The normalized spacial score (nSPS) is 20.7. The molecule has 16 heavy (non-hydrogen) atoms. The molecule has 1 rings (SSSR count). The van der Waals surface area contributed by atoms with Crippen LogP contribution in [0.2, 0.25) is 0 Å². The van der Waals surface area contributed by atoms with E-state index in [9.17, 15) is 4.79 Å². The molecule has 0 radical (unpaired) electrons. The number of hydrogen-bond acceptors (Lipinski definition) is 3. The molecule has 1 fully saturated rings. The molecule has 0 aliphatic carbocycles. The number of hydrogen-bond donors (Lipinski definition) is 2. The van der Waals surface area contributed by atoms with E-state index in [0.29, 0.717) is 6.54 Å². The zero-order chi connectivity index (χ0) is 12.0. The molecule has 4 heteroatoms. The summed E-state index contributed by atoms with van der Waals surface area (Å²) in [6.45, 7) is 8.65. The summed E-state index contributed by atoms with van der Waals surface area (Å²) in [5.74, 6) is 0.873. The minimum Gasteiger partial charge on any atom is -0.355 e. The first-order valence-corrected chi connectivity index (χ1v) is 6.33. The first kappa shape index (κ1) is 13.5. The molecule has 1 aliphatic rings. The summed E-state index contributed by atoms with van der Waals surface area (Å²) >= 11 is 0. The van der Waals surface area contributed by atoms with Crippen molar-refractivity contribution in [2.45, 2.75) is 26.7 Å². The molecule has 1 unspecified atom stereocenters. The van der Waals surface area contributed by atoms with Crippen molar-refractivity contribution in [2.75, 3.05) is 32.7 Å². The zero-order valence-electron chi connectivity index (χ0n) is 10.5. The number of amides is 1. The number of nitrogens with zero attached hydrogens (tertiary/aromatic N) is 1. The lowest BCUT2D eigenvalue weighted by Crippen LogP contribution is -2.41. The Morgan fingerprint density at radius 2 is 2.12 bits per heavy atom. The molecule has 1 heterocycles. The van der Waals surface area contributed by atoms with Crippen LogP contribution < -0.4 is 11.1 Å². The molecule has 3 N–H and O–H groups in total. The summed E-state index contributed by atoms with van der Waals surface area (Å²) in [6, 6.07) is 0. The Morgan fingerprint density at radius 1 is 1.50 bits per heavy atom. The third kappa shape index (κ3) is 4.49. The molecule has 0 aromatic carbocycles. The molecule has 94 valence electrons. The van der Waals surface area contributed by atoms with Crippen molar-refractivity contribution in [2.24, 2.45) is 17.6 Å². The summed E-state index contributed by atoms with van der Waals surface area (Å²) in [6.07, 6.45) is 2.57. The highest BCUT2D eigenvalue weighted by atomic mass is 16.1. The zero-order valence-corrected chi connectivity index (χ0v) is 10.5. The van der Waals surface area contributed by atoms with Gasteiger partial charge in [-0.05, 0) is 31.8 Å². The van der Waals surface area contributed by atoms with Crippen molar-refractivity contribution in [1.29, 1.82) is 0 Å². The standard InChI is InChI=1S/C12H25N3O/c1-10-3-6-15(7-4-10)8-5-14-12(16)11(2)9-13/h10-11H,3-9,13H2,1-2H3,(H,14,16). The average molecular weight is 227 g/mol. The van der Waals surface area contributed by atoms with E-state index in [2.05, 4.69) is 17.1 Å². The van der Waals surface area contributed by atoms with Crippen molar-refractivity contribution in [3.8, 4) is 0 Å². The molecule has 0 bridgehead atoms. The van der Waals surface area contributed by atoms with E-state index in [1.807, 2.05) is 6.92 Å². The molecule has 0 aromatic heterocycles. The molecule has 0 spiro atoms. The fraction of sp³-hybridized carbons (Fsp3) is 0.917. The van der Waals surface area contributed by atoms with Crippen LogP contribution in [-0.2, 0) is 4.79 Å². The van der Waals surface area contributed by atoms with E-state index in [1.54, 1.807) is 0 Å². The van der Waals surface area contributed by atoms with Gasteiger partial charge in [-0.1, -0.05) is 13.8 Å². The first-order valence-electron chi connectivity index (χ1n) is 6.33. The van der Waals surface area contributed by atoms with Crippen molar-refractivity contribution >= 4 is 5.91 Å². The highest BCUT2D eigenvalue weighted by molar-refractivity contribution is 5.78. The SMILES string of the molecule is CC1CCN(CCNC(=O)C(C)CN)CC1. The summed E-state index contributed by atoms with van der Waals surface area (Å²) < 4.78 is 0. The highest BCUT2D eigenvalue weighted by Gasteiger charge is 2.15. The van der Waals surface area contributed by atoms with Crippen LogP contribution in [0.3, 0.4) is 0 Å². The van der Waals surface area contributed by atoms with Crippen LogP contribution in [0.25, 0.3) is 0 Å². The van der Waals surface area contributed by atoms with Gasteiger partial charge in [0.15, 0.2) is 0 Å². The smallest absolute Gasteiger partial charge is 0.224 e. The largest absolute Gasteiger partial charge is 0.355 e. The van der Waals surface area contributed by atoms with Crippen LogP contribution in [0.5, 0.6) is 0 Å². The van der Waals surface area contributed by atoms with Crippen molar-refractivity contribution < 1.29 is 4.79 Å². The Bertz CT molecular complexity index is 212. The van der Waals surface area contributed by atoms with Gasteiger partial charge in [-0.25, -0.2) is 0 Å². The number of nitrogens with one attached hydrogen (secondary N) is 1. The van der Waals surface area contributed by atoms with Gasteiger partial charge in [0.2, 0.25) is 5.91 Å². The fourth-order valence-corrected chi connectivity index (χ4v) is 1.90. The van der Waals surface area contributed by atoms with Gasteiger partial charge in [0.1, 0.15) is 0 Å². The molecule has 0 saturated carbocycles. The van der Waals surface area contributed by atoms with Crippen LogP contribution in [0.15, 0.2) is 0 Å². The maximum Gasteiger partial charge on any atom is 0.224 e. The Labute approximate surface area is 98.6 Å². The van der Waals surface area contributed by atoms with E-state index < -0.39 is 0 Å². The third-order valence-electron chi connectivity index (χ3n) is 3.40. The van der Waals surface area contributed by atoms with Crippen molar-refractivity contribution in [3.05, 3.63) is 0 Å². The number of piperidine rings is 1. The second-order valence-electron chi connectivity index (χ2n) is 4.95. The van der Waals surface area contributed by atoms with Crippen molar-refractivity contribution in [1.82, 2.24) is 10.2 Å². The summed E-state index contributed by atoms with van der Waals surface area (Å²) in [5.41, 5.74) is 5.43. The Balaban J connectivity index is 2.09.